The van der Waals surface area contributed by atoms with Crippen molar-refractivity contribution in [2.75, 3.05) is 19.1 Å². The normalized spacial score (nSPS) is 10.2. The molecule has 0 heterocycles. The number of methoxy groups -OCH3 is 1. The molecule has 2 aromatic rings. The first kappa shape index (κ1) is 14.9. The van der Waals surface area contributed by atoms with Gasteiger partial charge in [-0.1, -0.05) is 23.8 Å². The maximum atomic E-state index is 11.1. The Bertz CT molecular complexity index is 635. The molecule has 0 unspecified atom stereocenters. The minimum Gasteiger partial charge on any atom is -0.496 e. The van der Waals surface area contributed by atoms with Crippen LogP contribution in [0.1, 0.15) is 21.5 Å². The Kier molecular flexibility index (Phi) is 4.48. The van der Waals surface area contributed by atoms with Gasteiger partial charge in [0.15, 0.2) is 0 Å². The van der Waals surface area contributed by atoms with Crippen molar-refractivity contribution in [3.05, 3.63) is 59.2 Å². The monoisotopic (exact) mass is 285 g/mol. The van der Waals surface area contributed by atoms with Gasteiger partial charge < -0.3 is 14.7 Å². The number of carbonyl (C=O) groups is 1. The Balaban J connectivity index is 2.19. The van der Waals surface area contributed by atoms with Crippen LogP contribution in [0.4, 0.5) is 5.69 Å². The molecular weight excluding hydrogens is 266 g/mol. The first-order chi connectivity index (χ1) is 10.0. The molecule has 0 amide bonds. The summed E-state index contributed by atoms with van der Waals surface area (Å²) >= 11 is 0. The van der Waals surface area contributed by atoms with Crippen LogP contribution >= 0.6 is 0 Å². The molecule has 2 aromatic carbocycles. The second kappa shape index (κ2) is 6.31. The van der Waals surface area contributed by atoms with E-state index in [1.165, 1.54) is 12.7 Å². The van der Waals surface area contributed by atoms with Crippen molar-refractivity contribution < 1.29 is 14.6 Å². The zero-order valence-corrected chi connectivity index (χ0v) is 12.5. The predicted octanol–water partition coefficient (Wildman–Crippen LogP) is 3.34. The van der Waals surface area contributed by atoms with Gasteiger partial charge in [0, 0.05) is 19.3 Å². The fourth-order valence-corrected chi connectivity index (χ4v) is 2.18. The number of carboxylic acid groups (broad SMARTS) is 1. The lowest BCUT2D eigenvalue weighted by Gasteiger charge is -2.20. The highest BCUT2D eigenvalue weighted by Gasteiger charge is 2.12. The quantitative estimate of drug-likeness (QED) is 0.915. The largest absolute Gasteiger partial charge is 0.496 e. The van der Waals surface area contributed by atoms with E-state index < -0.39 is 5.97 Å². The fraction of sp³-hybridized carbons (Fsp3) is 0.235. The highest BCUT2D eigenvalue weighted by atomic mass is 16.5. The number of nitrogens with zero attached hydrogens (tertiary/aromatic N) is 1. The first-order valence-electron chi connectivity index (χ1n) is 6.69. The van der Waals surface area contributed by atoms with Crippen LogP contribution in [0.25, 0.3) is 0 Å². The molecule has 0 aliphatic carbocycles. The number of hydrogen-bond donors (Lipinski definition) is 1. The molecule has 110 valence electrons. The molecule has 21 heavy (non-hydrogen) atoms. The molecule has 0 bridgehead atoms. The van der Waals surface area contributed by atoms with Crippen molar-refractivity contribution in [2.24, 2.45) is 0 Å². The SMILES string of the molecule is COc1cc(CN(C)c2ccc(C)cc2)ccc1C(=O)O. The summed E-state index contributed by atoms with van der Waals surface area (Å²) in [6, 6.07) is 13.4. The van der Waals surface area contributed by atoms with Crippen LogP contribution in [-0.2, 0) is 6.54 Å². The van der Waals surface area contributed by atoms with Crippen LogP contribution in [-0.4, -0.2) is 25.2 Å². The molecule has 0 atom stereocenters. The van der Waals surface area contributed by atoms with Gasteiger partial charge in [0.1, 0.15) is 11.3 Å². The Morgan fingerprint density at radius 3 is 2.43 bits per heavy atom. The number of hydrogen-bond acceptors (Lipinski definition) is 3. The van der Waals surface area contributed by atoms with E-state index in [0.717, 1.165) is 11.3 Å². The maximum absolute atomic E-state index is 11.1. The second-order valence-electron chi connectivity index (χ2n) is 5.03. The second-order valence-corrected chi connectivity index (χ2v) is 5.03. The van der Waals surface area contributed by atoms with Crippen molar-refractivity contribution in [1.82, 2.24) is 0 Å². The average Bonchev–Trinajstić information content (AvgIpc) is 2.47. The molecule has 0 spiro atoms. The molecular formula is C17H19NO3. The van der Waals surface area contributed by atoms with E-state index in [-0.39, 0.29) is 5.56 Å². The van der Waals surface area contributed by atoms with E-state index >= 15 is 0 Å². The summed E-state index contributed by atoms with van der Waals surface area (Å²) in [5.74, 6) is -0.595. The highest BCUT2D eigenvalue weighted by Crippen LogP contribution is 2.22. The van der Waals surface area contributed by atoms with Gasteiger partial charge in [-0.2, -0.15) is 0 Å². The lowest BCUT2D eigenvalue weighted by molar-refractivity contribution is 0.0693. The van der Waals surface area contributed by atoms with Gasteiger partial charge in [0.05, 0.1) is 7.11 Å². The molecule has 2 rings (SSSR count). The number of ether oxygens (including phenoxy) is 1. The third-order valence-corrected chi connectivity index (χ3v) is 3.39. The molecule has 0 radical (unpaired) electrons. The molecule has 0 aliphatic heterocycles. The Labute approximate surface area is 124 Å². The average molecular weight is 285 g/mol. The van der Waals surface area contributed by atoms with Crippen molar-refractivity contribution in [1.29, 1.82) is 0 Å². The lowest BCUT2D eigenvalue weighted by atomic mass is 10.1. The molecule has 1 N–H and O–H groups in total. The number of anilines is 1. The smallest absolute Gasteiger partial charge is 0.339 e. The van der Waals surface area contributed by atoms with Gasteiger partial charge in [0.25, 0.3) is 0 Å². The van der Waals surface area contributed by atoms with Crippen molar-refractivity contribution in [3.63, 3.8) is 0 Å². The van der Waals surface area contributed by atoms with Gasteiger partial charge in [-0.15, -0.1) is 0 Å². The van der Waals surface area contributed by atoms with E-state index in [1.54, 1.807) is 12.1 Å². The number of aromatic carboxylic acids is 1. The highest BCUT2D eigenvalue weighted by molar-refractivity contribution is 5.91. The summed E-state index contributed by atoms with van der Waals surface area (Å²) in [6.45, 7) is 2.73. The molecule has 0 fully saturated rings. The first-order valence-corrected chi connectivity index (χ1v) is 6.69. The summed E-state index contributed by atoms with van der Waals surface area (Å²) in [4.78, 5) is 13.2. The number of aryl methyl sites for hydroxylation is 1. The van der Waals surface area contributed by atoms with Gasteiger partial charge >= 0.3 is 5.97 Å². The Hall–Kier alpha value is -2.49. The summed E-state index contributed by atoms with van der Waals surface area (Å²) in [7, 11) is 3.48. The summed E-state index contributed by atoms with van der Waals surface area (Å²) < 4.78 is 5.15. The number of rotatable bonds is 5. The van der Waals surface area contributed by atoms with Crippen LogP contribution in [0.15, 0.2) is 42.5 Å². The molecule has 0 saturated heterocycles. The zero-order chi connectivity index (χ0) is 15.4. The maximum Gasteiger partial charge on any atom is 0.339 e. The van der Waals surface area contributed by atoms with E-state index in [2.05, 4.69) is 36.1 Å². The molecule has 4 nitrogen and oxygen atoms in total. The number of carboxylic acids is 1. The molecule has 0 aliphatic rings. The van der Waals surface area contributed by atoms with Crippen LogP contribution in [0, 0.1) is 6.92 Å². The summed E-state index contributed by atoms with van der Waals surface area (Å²) in [6.07, 6.45) is 0. The van der Waals surface area contributed by atoms with Crippen molar-refractivity contribution in [2.45, 2.75) is 13.5 Å². The van der Waals surface area contributed by atoms with E-state index in [4.69, 9.17) is 9.84 Å². The lowest BCUT2D eigenvalue weighted by Crippen LogP contribution is -2.16. The fourth-order valence-electron chi connectivity index (χ4n) is 2.18. The van der Waals surface area contributed by atoms with E-state index in [0.29, 0.717) is 12.3 Å². The summed E-state index contributed by atoms with van der Waals surface area (Å²) in [5.41, 5.74) is 3.51. The summed E-state index contributed by atoms with van der Waals surface area (Å²) in [5, 5.41) is 9.08. The van der Waals surface area contributed by atoms with Gasteiger partial charge in [-0.05, 0) is 36.8 Å². The molecule has 0 aromatic heterocycles. The van der Waals surface area contributed by atoms with Gasteiger partial charge in [-0.25, -0.2) is 4.79 Å². The van der Waals surface area contributed by atoms with E-state index in [1.807, 2.05) is 13.1 Å². The Morgan fingerprint density at radius 1 is 1.19 bits per heavy atom. The van der Waals surface area contributed by atoms with Gasteiger partial charge in [0.2, 0.25) is 0 Å². The molecule has 4 heteroatoms. The third kappa shape index (κ3) is 3.54. The Morgan fingerprint density at radius 2 is 1.86 bits per heavy atom. The van der Waals surface area contributed by atoms with Crippen LogP contribution in [0.3, 0.4) is 0 Å². The van der Waals surface area contributed by atoms with Crippen molar-refractivity contribution in [3.8, 4) is 5.75 Å². The standard InChI is InChI=1S/C17H19NO3/c1-12-4-7-14(8-5-12)18(2)11-13-6-9-15(17(19)20)16(10-13)21-3/h4-10H,11H2,1-3H3,(H,19,20). The molecule has 0 saturated carbocycles. The minimum atomic E-state index is -0.981. The predicted molar refractivity (Wildman–Crippen MR) is 83.2 cm³/mol. The number of benzene rings is 2. The van der Waals surface area contributed by atoms with Crippen LogP contribution < -0.4 is 9.64 Å². The van der Waals surface area contributed by atoms with Gasteiger partial charge in [-0.3, -0.25) is 0 Å². The zero-order valence-electron chi connectivity index (χ0n) is 12.5. The topological polar surface area (TPSA) is 49.8 Å². The van der Waals surface area contributed by atoms with E-state index in [9.17, 15) is 4.79 Å². The third-order valence-electron chi connectivity index (χ3n) is 3.39. The van der Waals surface area contributed by atoms with Crippen molar-refractivity contribution >= 4 is 11.7 Å². The van der Waals surface area contributed by atoms with Crippen LogP contribution in [0.2, 0.25) is 0 Å². The van der Waals surface area contributed by atoms with Crippen LogP contribution in [0.5, 0.6) is 5.75 Å². The minimum absolute atomic E-state index is 0.180.